The van der Waals surface area contributed by atoms with Crippen molar-refractivity contribution in [2.24, 2.45) is 5.92 Å². The number of amides is 1. The number of nitrogens with zero attached hydrogens (tertiary/aromatic N) is 2. The molecule has 0 unspecified atom stereocenters. The Bertz CT molecular complexity index is 995. The third-order valence-corrected chi connectivity index (χ3v) is 6.34. The minimum Gasteiger partial charge on any atom is -0.325 e. The summed E-state index contributed by atoms with van der Waals surface area (Å²) in [5.41, 5.74) is 5.98. The van der Waals surface area contributed by atoms with Gasteiger partial charge in [-0.3, -0.25) is 4.79 Å². The SMILES string of the molecule is Cc1ccc([C@H]2c3cccn3-c3ccccc3CN2C(=O)C2CCCC2)cc1. The maximum absolute atomic E-state index is 13.7. The van der Waals surface area contributed by atoms with E-state index in [4.69, 9.17) is 0 Å². The van der Waals surface area contributed by atoms with Crippen LogP contribution in [0.1, 0.15) is 54.1 Å². The van der Waals surface area contributed by atoms with Crippen LogP contribution in [0.4, 0.5) is 0 Å². The van der Waals surface area contributed by atoms with Crippen LogP contribution in [0.2, 0.25) is 0 Å². The van der Waals surface area contributed by atoms with Crippen molar-refractivity contribution in [3.63, 3.8) is 0 Å². The summed E-state index contributed by atoms with van der Waals surface area (Å²) in [6, 6.07) is 21.3. The second kappa shape index (κ2) is 6.97. The maximum atomic E-state index is 13.7. The van der Waals surface area contributed by atoms with Crippen molar-refractivity contribution in [3.05, 3.63) is 89.2 Å². The summed E-state index contributed by atoms with van der Waals surface area (Å²) in [5, 5.41) is 0. The van der Waals surface area contributed by atoms with Crippen LogP contribution in [-0.4, -0.2) is 15.4 Å². The zero-order valence-corrected chi connectivity index (χ0v) is 16.3. The van der Waals surface area contributed by atoms with E-state index in [0.717, 1.165) is 12.8 Å². The molecule has 0 spiro atoms. The van der Waals surface area contributed by atoms with Gasteiger partial charge in [0, 0.05) is 24.4 Å². The smallest absolute Gasteiger partial charge is 0.226 e. The first-order valence-corrected chi connectivity index (χ1v) is 10.3. The average molecular weight is 370 g/mol. The summed E-state index contributed by atoms with van der Waals surface area (Å²) < 4.78 is 2.27. The minimum absolute atomic E-state index is 0.0592. The van der Waals surface area contributed by atoms with Crippen molar-refractivity contribution >= 4 is 5.91 Å². The molecule has 5 rings (SSSR count). The molecule has 1 amide bonds. The molecule has 3 heteroatoms. The van der Waals surface area contributed by atoms with Crippen molar-refractivity contribution in [2.75, 3.05) is 0 Å². The molecule has 1 aliphatic heterocycles. The summed E-state index contributed by atoms with van der Waals surface area (Å²) in [6.45, 7) is 2.77. The lowest BCUT2D eigenvalue weighted by atomic mass is 9.97. The molecule has 2 heterocycles. The molecule has 1 atom stereocenters. The first kappa shape index (κ1) is 17.3. The standard InChI is InChI=1S/C25H26N2O/c1-18-12-14-19(15-13-18)24-23-11-6-16-26(23)22-10-5-4-9-21(22)17-27(24)25(28)20-7-2-3-8-20/h4-6,9-16,20,24H,2-3,7-8,17H2,1H3/t24-/m0/s1. The predicted octanol–water partition coefficient (Wildman–Crippen LogP) is 5.41. The quantitative estimate of drug-likeness (QED) is 0.592. The normalized spacial score (nSPS) is 19.2. The van der Waals surface area contributed by atoms with Crippen LogP contribution in [0.25, 0.3) is 5.69 Å². The highest BCUT2D eigenvalue weighted by atomic mass is 16.2. The Morgan fingerprint density at radius 1 is 0.929 bits per heavy atom. The van der Waals surface area contributed by atoms with Gasteiger partial charge >= 0.3 is 0 Å². The van der Waals surface area contributed by atoms with Gasteiger partial charge in [0.25, 0.3) is 0 Å². The number of hydrogen-bond acceptors (Lipinski definition) is 1. The Kier molecular flexibility index (Phi) is 4.31. The number of carbonyl (C=O) groups is 1. The van der Waals surface area contributed by atoms with Gasteiger partial charge in [-0.25, -0.2) is 0 Å². The number of benzene rings is 2. The molecule has 2 aliphatic rings. The summed E-state index contributed by atoms with van der Waals surface area (Å²) in [4.78, 5) is 15.8. The Labute approximate surface area is 166 Å². The Balaban J connectivity index is 1.68. The number of fused-ring (bicyclic) bond motifs is 3. The zero-order valence-electron chi connectivity index (χ0n) is 16.3. The van der Waals surface area contributed by atoms with Gasteiger partial charge < -0.3 is 9.47 Å². The highest BCUT2D eigenvalue weighted by Crippen LogP contribution is 2.39. The fourth-order valence-electron chi connectivity index (χ4n) is 4.86. The number of rotatable bonds is 2. The lowest BCUT2D eigenvalue weighted by Crippen LogP contribution is -2.38. The second-order valence-electron chi connectivity index (χ2n) is 8.19. The van der Waals surface area contributed by atoms with Crippen LogP contribution in [0.5, 0.6) is 0 Å². The van der Waals surface area contributed by atoms with Crippen molar-refractivity contribution < 1.29 is 4.79 Å². The Morgan fingerprint density at radius 3 is 2.46 bits per heavy atom. The molecule has 1 aromatic heterocycles. The summed E-state index contributed by atoms with van der Waals surface area (Å²) >= 11 is 0. The van der Waals surface area contributed by atoms with Crippen molar-refractivity contribution in [1.82, 2.24) is 9.47 Å². The van der Waals surface area contributed by atoms with Gasteiger partial charge in [0.1, 0.15) is 0 Å². The summed E-state index contributed by atoms with van der Waals surface area (Å²) in [6.07, 6.45) is 6.52. The molecule has 0 saturated heterocycles. The van der Waals surface area contributed by atoms with E-state index in [1.807, 2.05) is 0 Å². The van der Waals surface area contributed by atoms with Crippen LogP contribution >= 0.6 is 0 Å². The number of para-hydroxylation sites is 1. The van der Waals surface area contributed by atoms with Crippen LogP contribution < -0.4 is 0 Å². The van der Waals surface area contributed by atoms with Gasteiger partial charge in [-0.05, 0) is 49.1 Å². The maximum Gasteiger partial charge on any atom is 0.226 e. The molecule has 142 valence electrons. The molecule has 1 saturated carbocycles. The van der Waals surface area contributed by atoms with Crippen molar-refractivity contribution in [3.8, 4) is 5.69 Å². The number of aromatic nitrogens is 1. The molecule has 1 fully saturated rings. The predicted molar refractivity (Wildman–Crippen MR) is 111 cm³/mol. The molecule has 28 heavy (non-hydrogen) atoms. The van der Waals surface area contributed by atoms with Crippen LogP contribution in [0, 0.1) is 12.8 Å². The Morgan fingerprint density at radius 2 is 1.68 bits per heavy atom. The van der Waals surface area contributed by atoms with E-state index >= 15 is 0 Å². The van der Waals surface area contributed by atoms with E-state index in [-0.39, 0.29) is 12.0 Å². The lowest BCUT2D eigenvalue weighted by Gasteiger charge is -2.33. The molecular weight excluding hydrogens is 344 g/mol. The lowest BCUT2D eigenvalue weighted by molar-refractivity contribution is -0.137. The van der Waals surface area contributed by atoms with Crippen molar-refractivity contribution in [2.45, 2.75) is 45.2 Å². The number of carbonyl (C=O) groups excluding carboxylic acids is 1. The first-order valence-electron chi connectivity index (χ1n) is 10.3. The molecule has 0 bridgehead atoms. The Hall–Kier alpha value is -2.81. The monoisotopic (exact) mass is 370 g/mol. The largest absolute Gasteiger partial charge is 0.325 e. The molecule has 1 aliphatic carbocycles. The minimum atomic E-state index is -0.0592. The fraction of sp³-hybridized carbons (Fsp3) is 0.320. The molecule has 2 aromatic carbocycles. The van der Waals surface area contributed by atoms with E-state index in [2.05, 4.69) is 83.3 Å². The number of aryl methyl sites for hydroxylation is 1. The third-order valence-electron chi connectivity index (χ3n) is 6.34. The van der Waals surface area contributed by atoms with E-state index < -0.39 is 0 Å². The molecule has 0 radical (unpaired) electrons. The van der Waals surface area contributed by atoms with Gasteiger partial charge in [-0.2, -0.15) is 0 Å². The molecule has 3 aromatic rings. The molecule has 0 N–H and O–H groups in total. The third kappa shape index (κ3) is 2.86. The average Bonchev–Trinajstić information content (AvgIpc) is 3.39. The second-order valence-corrected chi connectivity index (χ2v) is 8.19. The highest BCUT2D eigenvalue weighted by molar-refractivity contribution is 5.80. The van der Waals surface area contributed by atoms with Gasteiger partial charge in [0.2, 0.25) is 5.91 Å². The van der Waals surface area contributed by atoms with Gasteiger partial charge in [0.15, 0.2) is 0 Å². The van der Waals surface area contributed by atoms with Gasteiger partial charge in [0.05, 0.1) is 11.7 Å². The highest BCUT2D eigenvalue weighted by Gasteiger charge is 2.36. The van der Waals surface area contributed by atoms with Crippen LogP contribution in [0.15, 0.2) is 66.9 Å². The summed E-state index contributed by atoms with van der Waals surface area (Å²) in [7, 11) is 0. The topological polar surface area (TPSA) is 25.2 Å². The fourth-order valence-corrected chi connectivity index (χ4v) is 4.86. The molecular formula is C25H26N2O. The van der Waals surface area contributed by atoms with Crippen molar-refractivity contribution in [1.29, 1.82) is 0 Å². The van der Waals surface area contributed by atoms with Crippen LogP contribution in [-0.2, 0) is 11.3 Å². The van der Waals surface area contributed by atoms with E-state index in [0.29, 0.717) is 12.5 Å². The van der Waals surface area contributed by atoms with Gasteiger partial charge in [-0.1, -0.05) is 60.9 Å². The summed E-state index contributed by atoms with van der Waals surface area (Å²) in [5.74, 6) is 0.481. The van der Waals surface area contributed by atoms with E-state index in [1.54, 1.807) is 0 Å². The first-order chi connectivity index (χ1) is 13.7. The van der Waals surface area contributed by atoms with Crippen LogP contribution in [0.3, 0.4) is 0 Å². The number of hydrogen-bond donors (Lipinski definition) is 0. The molecule has 3 nitrogen and oxygen atoms in total. The van der Waals surface area contributed by atoms with E-state index in [1.165, 1.54) is 40.9 Å². The zero-order chi connectivity index (χ0) is 19.1. The van der Waals surface area contributed by atoms with Gasteiger partial charge in [-0.15, -0.1) is 0 Å². The van der Waals surface area contributed by atoms with E-state index in [9.17, 15) is 4.79 Å².